The van der Waals surface area contributed by atoms with Crippen molar-refractivity contribution >= 4 is 35.1 Å². The molecule has 0 radical (unpaired) electrons. The van der Waals surface area contributed by atoms with Crippen LogP contribution in [0, 0.1) is 6.92 Å². The van der Waals surface area contributed by atoms with Crippen LogP contribution in [0.5, 0.6) is 0 Å². The van der Waals surface area contributed by atoms with Crippen LogP contribution in [-0.2, 0) is 4.74 Å². The number of nitrogens with zero attached hydrogens (tertiary/aromatic N) is 2. The Morgan fingerprint density at radius 1 is 1.24 bits per heavy atom. The third-order valence-corrected chi connectivity index (χ3v) is 4.69. The summed E-state index contributed by atoms with van der Waals surface area (Å²) in [6.45, 7) is 7.13. The molecule has 0 bridgehead atoms. The summed E-state index contributed by atoms with van der Waals surface area (Å²) in [5.74, 6) is 1.09. The normalized spacial score (nSPS) is 15.9. The molecule has 0 unspecified atom stereocenters. The van der Waals surface area contributed by atoms with Crippen LogP contribution in [0.25, 0.3) is 10.9 Å². The zero-order valence-corrected chi connectivity index (χ0v) is 13.9. The lowest BCUT2D eigenvalue weighted by Crippen LogP contribution is -2.37. The average Bonchev–Trinajstić information content (AvgIpc) is 2.49. The quantitative estimate of drug-likeness (QED) is 0.805. The van der Waals surface area contributed by atoms with Crippen LogP contribution < -0.4 is 0 Å². The molecular weight excluding hydrogens is 304 g/mol. The summed E-state index contributed by atoms with van der Waals surface area (Å²) in [5.41, 5.74) is 2.36. The number of ether oxygens (including phenoxy) is 1. The highest BCUT2D eigenvalue weighted by Gasteiger charge is 2.10. The summed E-state index contributed by atoms with van der Waals surface area (Å²) >= 11 is 1.86. The van der Waals surface area contributed by atoms with E-state index in [0.29, 0.717) is 0 Å². The SMILES string of the molecule is Cc1cc2ccccc2nc1SCCN1CCOCC1.Cl. The highest BCUT2D eigenvalue weighted by molar-refractivity contribution is 7.99. The minimum Gasteiger partial charge on any atom is -0.379 e. The maximum atomic E-state index is 5.37. The Bertz CT molecular complexity index is 587. The number of pyridine rings is 1. The Balaban J connectivity index is 0.00000161. The molecule has 5 heteroatoms. The van der Waals surface area contributed by atoms with Crippen LogP contribution in [0.3, 0.4) is 0 Å². The fourth-order valence-electron chi connectivity index (χ4n) is 2.45. The topological polar surface area (TPSA) is 25.4 Å². The van der Waals surface area contributed by atoms with Crippen LogP contribution in [0.15, 0.2) is 35.4 Å². The van der Waals surface area contributed by atoms with Gasteiger partial charge in [-0.15, -0.1) is 24.2 Å². The van der Waals surface area contributed by atoms with E-state index in [-0.39, 0.29) is 12.4 Å². The van der Waals surface area contributed by atoms with Gasteiger partial charge in [0, 0.05) is 30.8 Å². The Kier molecular flexibility index (Phi) is 6.30. The number of benzene rings is 1. The van der Waals surface area contributed by atoms with Crippen molar-refractivity contribution in [3.63, 3.8) is 0 Å². The summed E-state index contributed by atoms with van der Waals surface area (Å²) < 4.78 is 5.37. The maximum absolute atomic E-state index is 5.37. The van der Waals surface area contributed by atoms with Crippen molar-refractivity contribution < 1.29 is 4.74 Å². The van der Waals surface area contributed by atoms with Gasteiger partial charge in [-0.05, 0) is 24.6 Å². The van der Waals surface area contributed by atoms with Crippen molar-refractivity contribution in [2.24, 2.45) is 0 Å². The summed E-state index contributed by atoms with van der Waals surface area (Å²) in [6.07, 6.45) is 0. The van der Waals surface area contributed by atoms with Gasteiger partial charge in [-0.2, -0.15) is 0 Å². The highest BCUT2D eigenvalue weighted by atomic mass is 35.5. The van der Waals surface area contributed by atoms with E-state index in [1.54, 1.807) is 0 Å². The predicted octanol–water partition coefficient (Wildman–Crippen LogP) is 3.39. The molecule has 0 atom stereocenters. The third kappa shape index (κ3) is 4.33. The van der Waals surface area contributed by atoms with Crippen molar-refractivity contribution in [3.05, 3.63) is 35.9 Å². The number of hydrogen-bond donors (Lipinski definition) is 0. The average molecular weight is 325 g/mol. The maximum Gasteiger partial charge on any atom is 0.0997 e. The van der Waals surface area contributed by atoms with Gasteiger partial charge in [0.05, 0.1) is 23.8 Å². The molecule has 2 heterocycles. The Hall–Kier alpha value is -0.810. The molecule has 1 aromatic carbocycles. The van der Waals surface area contributed by atoms with Crippen LogP contribution in [0.2, 0.25) is 0 Å². The van der Waals surface area contributed by atoms with E-state index in [2.05, 4.69) is 36.1 Å². The molecule has 2 aromatic rings. The van der Waals surface area contributed by atoms with Gasteiger partial charge in [-0.25, -0.2) is 4.98 Å². The summed E-state index contributed by atoms with van der Waals surface area (Å²) in [4.78, 5) is 7.24. The number of aryl methyl sites for hydroxylation is 1. The third-order valence-electron chi connectivity index (χ3n) is 3.62. The zero-order valence-electron chi connectivity index (χ0n) is 12.2. The molecule has 1 fully saturated rings. The highest BCUT2D eigenvalue weighted by Crippen LogP contribution is 2.24. The van der Waals surface area contributed by atoms with E-state index in [0.717, 1.165) is 49.1 Å². The predicted molar refractivity (Wildman–Crippen MR) is 91.7 cm³/mol. The number of thioether (sulfide) groups is 1. The lowest BCUT2D eigenvalue weighted by atomic mass is 10.2. The Labute approximate surface area is 136 Å². The number of morpholine rings is 1. The standard InChI is InChI=1S/C16H20N2OS.ClH/c1-13-12-14-4-2-3-5-15(14)17-16(13)20-11-8-18-6-9-19-10-7-18;/h2-5,12H,6-11H2,1H3;1H. The van der Waals surface area contributed by atoms with Gasteiger partial charge < -0.3 is 4.74 Å². The van der Waals surface area contributed by atoms with Gasteiger partial charge >= 0.3 is 0 Å². The van der Waals surface area contributed by atoms with E-state index in [1.165, 1.54) is 10.9 Å². The van der Waals surface area contributed by atoms with Gasteiger partial charge in [0.2, 0.25) is 0 Å². The second-order valence-electron chi connectivity index (χ2n) is 5.11. The first-order chi connectivity index (χ1) is 9.83. The van der Waals surface area contributed by atoms with Crippen LogP contribution >= 0.6 is 24.2 Å². The molecule has 1 saturated heterocycles. The van der Waals surface area contributed by atoms with E-state index >= 15 is 0 Å². The fourth-order valence-corrected chi connectivity index (χ4v) is 3.44. The van der Waals surface area contributed by atoms with Gasteiger partial charge in [0.1, 0.15) is 0 Å². The number of fused-ring (bicyclic) bond motifs is 1. The number of hydrogen-bond acceptors (Lipinski definition) is 4. The molecule has 114 valence electrons. The first kappa shape index (κ1) is 16.6. The summed E-state index contributed by atoms with van der Waals surface area (Å²) in [5, 5.41) is 2.39. The second-order valence-corrected chi connectivity index (χ2v) is 6.19. The summed E-state index contributed by atoms with van der Waals surface area (Å²) in [7, 11) is 0. The van der Waals surface area contributed by atoms with Gasteiger partial charge in [0.15, 0.2) is 0 Å². The molecule has 0 spiro atoms. The molecule has 1 aliphatic heterocycles. The Morgan fingerprint density at radius 2 is 2.00 bits per heavy atom. The molecule has 1 aromatic heterocycles. The van der Waals surface area contributed by atoms with Crippen molar-refractivity contribution in [2.75, 3.05) is 38.6 Å². The van der Waals surface area contributed by atoms with E-state index in [4.69, 9.17) is 9.72 Å². The van der Waals surface area contributed by atoms with Crippen molar-refractivity contribution in [1.82, 2.24) is 9.88 Å². The molecule has 0 amide bonds. The van der Waals surface area contributed by atoms with Crippen molar-refractivity contribution in [3.8, 4) is 0 Å². The van der Waals surface area contributed by atoms with Crippen LogP contribution in [0.4, 0.5) is 0 Å². The molecule has 3 nitrogen and oxygen atoms in total. The molecule has 0 N–H and O–H groups in total. The lowest BCUT2D eigenvalue weighted by Gasteiger charge is -2.26. The largest absolute Gasteiger partial charge is 0.379 e. The monoisotopic (exact) mass is 324 g/mol. The zero-order chi connectivity index (χ0) is 13.8. The molecule has 21 heavy (non-hydrogen) atoms. The van der Waals surface area contributed by atoms with Gasteiger partial charge in [-0.1, -0.05) is 18.2 Å². The van der Waals surface area contributed by atoms with E-state index < -0.39 is 0 Å². The summed E-state index contributed by atoms with van der Waals surface area (Å²) in [6, 6.07) is 10.6. The first-order valence-corrected chi connectivity index (χ1v) is 8.11. The van der Waals surface area contributed by atoms with Crippen molar-refractivity contribution in [1.29, 1.82) is 0 Å². The number of halogens is 1. The van der Waals surface area contributed by atoms with E-state index in [9.17, 15) is 0 Å². The fraction of sp³-hybridized carbons (Fsp3) is 0.438. The lowest BCUT2D eigenvalue weighted by molar-refractivity contribution is 0.0410. The second kappa shape index (κ2) is 7.99. The van der Waals surface area contributed by atoms with Crippen LogP contribution in [-0.4, -0.2) is 48.5 Å². The molecule has 1 aliphatic rings. The van der Waals surface area contributed by atoms with Crippen molar-refractivity contribution in [2.45, 2.75) is 11.9 Å². The number of para-hydroxylation sites is 1. The van der Waals surface area contributed by atoms with Gasteiger partial charge in [0.25, 0.3) is 0 Å². The minimum absolute atomic E-state index is 0. The number of aromatic nitrogens is 1. The first-order valence-electron chi connectivity index (χ1n) is 7.12. The molecule has 0 aliphatic carbocycles. The van der Waals surface area contributed by atoms with Crippen LogP contribution in [0.1, 0.15) is 5.56 Å². The Morgan fingerprint density at radius 3 is 2.81 bits per heavy atom. The molecule has 3 rings (SSSR count). The minimum atomic E-state index is 0. The van der Waals surface area contributed by atoms with Gasteiger partial charge in [-0.3, -0.25) is 4.90 Å². The van der Waals surface area contributed by atoms with E-state index in [1.807, 2.05) is 17.8 Å². The molecular formula is C16H21ClN2OS. The molecule has 0 saturated carbocycles. The number of rotatable bonds is 4. The smallest absolute Gasteiger partial charge is 0.0997 e.